The van der Waals surface area contributed by atoms with Crippen molar-refractivity contribution in [1.82, 2.24) is 9.59 Å². The molecule has 0 radical (unpaired) electrons. The summed E-state index contributed by atoms with van der Waals surface area (Å²) in [5.74, 6) is 0. The van der Waals surface area contributed by atoms with Gasteiger partial charge in [0.15, 0.2) is 0 Å². The van der Waals surface area contributed by atoms with Crippen LogP contribution in [0.5, 0.6) is 0 Å². The van der Waals surface area contributed by atoms with Gasteiger partial charge in [-0.2, -0.15) is 0 Å². The Bertz CT molecular complexity index is 430. The summed E-state index contributed by atoms with van der Waals surface area (Å²) < 4.78 is 3.79. The van der Waals surface area contributed by atoms with Crippen molar-refractivity contribution in [3.8, 4) is 0 Å². The number of rotatable bonds is 3. The zero-order valence-corrected chi connectivity index (χ0v) is 9.50. The number of nitrogens with zero attached hydrogens (tertiary/aromatic N) is 2. The molecule has 0 fully saturated rings. The Morgan fingerprint density at radius 2 is 2.33 bits per heavy atom. The van der Waals surface area contributed by atoms with E-state index in [2.05, 4.69) is 9.59 Å². The summed E-state index contributed by atoms with van der Waals surface area (Å²) >= 11 is 7.23. The summed E-state index contributed by atoms with van der Waals surface area (Å²) in [5.41, 5.74) is 7.14. The fourth-order valence-corrected chi connectivity index (χ4v) is 2.07. The third kappa shape index (κ3) is 2.75. The van der Waals surface area contributed by atoms with Crippen molar-refractivity contribution in [3.63, 3.8) is 0 Å². The van der Waals surface area contributed by atoms with Crippen molar-refractivity contribution < 1.29 is 0 Å². The van der Waals surface area contributed by atoms with Gasteiger partial charge in [0.25, 0.3) is 0 Å². The molecule has 2 aromatic rings. The Labute approximate surface area is 97.1 Å². The van der Waals surface area contributed by atoms with Gasteiger partial charge >= 0.3 is 0 Å². The van der Waals surface area contributed by atoms with Crippen molar-refractivity contribution >= 4 is 23.1 Å². The van der Waals surface area contributed by atoms with Gasteiger partial charge in [-0.25, -0.2) is 0 Å². The van der Waals surface area contributed by atoms with Gasteiger partial charge in [-0.05, 0) is 35.6 Å². The second kappa shape index (κ2) is 4.70. The van der Waals surface area contributed by atoms with Gasteiger partial charge in [0.05, 0.1) is 11.1 Å². The van der Waals surface area contributed by atoms with Gasteiger partial charge in [-0.3, -0.25) is 0 Å². The number of nitrogens with two attached hydrogens (primary N) is 1. The summed E-state index contributed by atoms with van der Waals surface area (Å²) in [6.45, 7) is 0. The Balaban J connectivity index is 2.09. The van der Waals surface area contributed by atoms with E-state index in [1.54, 1.807) is 6.20 Å². The van der Waals surface area contributed by atoms with Crippen molar-refractivity contribution in [1.29, 1.82) is 0 Å². The Hall–Kier alpha value is -0.970. The number of hydrogen-bond donors (Lipinski definition) is 1. The molecule has 78 valence electrons. The maximum absolute atomic E-state index is 6.01. The predicted molar refractivity (Wildman–Crippen MR) is 62.0 cm³/mol. The third-order valence-electron chi connectivity index (χ3n) is 2.09. The number of hydrogen-bond acceptors (Lipinski definition) is 4. The first kappa shape index (κ1) is 10.5. The van der Waals surface area contributed by atoms with Gasteiger partial charge in [0.1, 0.15) is 0 Å². The van der Waals surface area contributed by atoms with E-state index in [1.165, 1.54) is 11.5 Å². The first-order valence-corrected chi connectivity index (χ1v) is 5.68. The molecule has 0 aliphatic carbocycles. The van der Waals surface area contributed by atoms with Crippen LogP contribution in [0.15, 0.2) is 30.5 Å². The van der Waals surface area contributed by atoms with Crippen LogP contribution in [0, 0.1) is 0 Å². The molecule has 1 unspecified atom stereocenters. The summed E-state index contributed by atoms with van der Waals surface area (Å²) in [6, 6.07) is 7.67. The largest absolute Gasteiger partial charge is 0.323 e. The SMILES string of the molecule is NC(Cc1cccc(Cl)c1)c1cnns1. The molecule has 0 aliphatic rings. The minimum atomic E-state index is -0.0523. The highest BCUT2D eigenvalue weighted by molar-refractivity contribution is 7.05. The van der Waals surface area contributed by atoms with E-state index in [-0.39, 0.29) is 6.04 Å². The van der Waals surface area contributed by atoms with Crippen LogP contribution in [0.25, 0.3) is 0 Å². The monoisotopic (exact) mass is 239 g/mol. The van der Waals surface area contributed by atoms with Crippen LogP contribution < -0.4 is 5.73 Å². The zero-order chi connectivity index (χ0) is 10.7. The van der Waals surface area contributed by atoms with E-state index >= 15 is 0 Å². The zero-order valence-electron chi connectivity index (χ0n) is 7.93. The van der Waals surface area contributed by atoms with E-state index < -0.39 is 0 Å². The fraction of sp³-hybridized carbons (Fsp3) is 0.200. The topological polar surface area (TPSA) is 51.8 Å². The maximum atomic E-state index is 6.01. The van der Waals surface area contributed by atoms with Crippen molar-refractivity contribution in [2.75, 3.05) is 0 Å². The Morgan fingerprint density at radius 3 is 3.00 bits per heavy atom. The highest BCUT2D eigenvalue weighted by Gasteiger charge is 2.09. The molecule has 5 heteroatoms. The van der Waals surface area contributed by atoms with Gasteiger partial charge in [-0.1, -0.05) is 28.2 Å². The Morgan fingerprint density at radius 1 is 1.47 bits per heavy atom. The third-order valence-corrected chi connectivity index (χ3v) is 3.12. The molecule has 1 aromatic carbocycles. The molecule has 15 heavy (non-hydrogen) atoms. The van der Waals surface area contributed by atoms with E-state index in [9.17, 15) is 0 Å². The minimum absolute atomic E-state index is 0.0523. The van der Waals surface area contributed by atoms with E-state index in [0.29, 0.717) is 0 Å². The van der Waals surface area contributed by atoms with Gasteiger partial charge in [-0.15, -0.1) is 5.10 Å². The normalized spacial score (nSPS) is 12.7. The van der Waals surface area contributed by atoms with Crippen LogP contribution in [0.4, 0.5) is 0 Å². The van der Waals surface area contributed by atoms with Crippen molar-refractivity contribution in [2.45, 2.75) is 12.5 Å². The van der Waals surface area contributed by atoms with Crippen molar-refractivity contribution in [2.24, 2.45) is 5.73 Å². The van der Waals surface area contributed by atoms with Gasteiger partial charge in [0, 0.05) is 11.1 Å². The second-order valence-corrected chi connectivity index (χ2v) is 4.51. The molecule has 0 spiro atoms. The summed E-state index contributed by atoms with van der Waals surface area (Å²) in [5, 5.41) is 4.50. The number of halogens is 1. The minimum Gasteiger partial charge on any atom is -0.323 e. The molecule has 1 aromatic heterocycles. The summed E-state index contributed by atoms with van der Waals surface area (Å²) in [4.78, 5) is 0.995. The standard InChI is InChI=1S/C10H10ClN3S/c11-8-3-1-2-7(4-8)5-9(12)10-6-13-14-15-10/h1-4,6,9H,5,12H2. The first-order chi connectivity index (χ1) is 7.25. The average molecular weight is 240 g/mol. The van der Waals surface area contributed by atoms with E-state index in [4.69, 9.17) is 17.3 Å². The second-order valence-electron chi connectivity index (χ2n) is 3.26. The molecule has 2 N–H and O–H groups in total. The van der Waals surface area contributed by atoms with E-state index in [0.717, 1.165) is 21.9 Å². The fourth-order valence-electron chi connectivity index (χ4n) is 1.36. The van der Waals surface area contributed by atoms with E-state index in [1.807, 2.05) is 24.3 Å². The molecular weight excluding hydrogens is 230 g/mol. The molecular formula is C10H10ClN3S. The molecule has 3 nitrogen and oxygen atoms in total. The lowest BCUT2D eigenvalue weighted by molar-refractivity contribution is 0.734. The summed E-state index contributed by atoms with van der Waals surface area (Å²) in [6.07, 6.45) is 2.46. The van der Waals surface area contributed by atoms with Crippen LogP contribution in [-0.2, 0) is 6.42 Å². The lowest BCUT2D eigenvalue weighted by atomic mass is 10.1. The molecule has 0 aliphatic heterocycles. The quantitative estimate of drug-likeness (QED) is 0.895. The molecule has 1 atom stereocenters. The Kier molecular flexibility index (Phi) is 3.30. The molecule has 0 saturated carbocycles. The molecule has 0 saturated heterocycles. The first-order valence-electron chi connectivity index (χ1n) is 4.53. The average Bonchev–Trinajstić information content (AvgIpc) is 2.70. The van der Waals surface area contributed by atoms with Crippen LogP contribution in [0.3, 0.4) is 0 Å². The van der Waals surface area contributed by atoms with Crippen LogP contribution in [0.2, 0.25) is 5.02 Å². The van der Waals surface area contributed by atoms with Crippen LogP contribution in [-0.4, -0.2) is 9.59 Å². The van der Waals surface area contributed by atoms with Crippen molar-refractivity contribution in [3.05, 3.63) is 45.9 Å². The highest BCUT2D eigenvalue weighted by Crippen LogP contribution is 2.19. The number of benzene rings is 1. The van der Waals surface area contributed by atoms with Crippen LogP contribution >= 0.6 is 23.1 Å². The smallest absolute Gasteiger partial charge is 0.0669 e. The lowest BCUT2D eigenvalue weighted by Crippen LogP contribution is -2.11. The predicted octanol–water partition coefficient (Wildman–Crippen LogP) is 2.43. The molecule has 2 rings (SSSR count). The molecule has 0 bridgehead atoms. The molecule has 1 heterocycles. The van der Waals surface area contributed by atoms with Gasteiger partial charge < -0.3 is 5.73 Å². The molecule has 0 amide bonds. The van der Waals surface area contributed by atoms with Gasteiger partial charge in [0.2, 0.25) is 0 Å². The number of aromatic nitrogens is 2. The summed E-state index contributed by atoms with van der Waals surface area (Å²) in [7, 11) is 0. The lowest BCUT2D eigenvalue weighted by Gasteiger charge is -2.08. The maximum Gasteiger partial charge on any atom is 0.0669 e. The van der Waals surface area contributed by atoms with Crippen LogP contribution in [0.1, 0.15) is 16.5 Å². The highest BCUT2D eigenvalue weighted by atomic mass is 35.5.